The number of hydrogen-bond acceptors (Lipinski definition) is 5. The van der Waals surface area contributed by atoms with Gasteiger partial charge in [-0.15, -0.1) is 0 Å². The fourth-order valence-corrected chi connectivity index (χ4v) is 4.37. The van der Waals surface area contributed by atoms with Gasteiger partial charge in [-0.25, -0.2) is 9.98 Å². The van der Waals surface area contributed by atoms with Crippen molar-refractivity contribution in [1.82, 2.24) is 4.98 Å². The van der Waals surface area contributed by atoms with Crippen LogP contribution in [0, 0.1) is 10.1 Å². The van der Waals surface area contributed by atoms with Gasteiger partial charge in [0, 0.05) is 35.1 Å². The summed E-state index contributed by atoms with van der Waals surface area (Å²) in [5.41, 5.74) is -2.48. The monoisotopic (exact) mass is 515 g/mol. The zero-order valence-electron chi connectivity index (χ0n) is 18.7. The molecule has 0 amide bonds. The number of thiazole rings is 1. The quantitative estimate of drug-likeness (QED) is 0.151. The Kier molecular flexibility index (Phi) is 7.07. The van der Waals surface area contributed by atoms with Crippen LogP contribution < -0.4 is 0 Å². The summed E-state index contributed by atoms with van der Waals surface area (Å²) in [4.78, 5) is 19.4. The van der Waals surface area contributed by atoms with Crippen molar-refractivity contribution in [2.45, 2.75) is 45.0 Å². The Labute approximate surface area is 200 Å². The number of benzene rings is 2. The highest BCUT2D eigenvalue weighted by molar-refractivity contribution is 7.15. The molecule has 12 heteroatoms. The highest BCUT2D eigenvalue weighted by Crippen LogP contribution is 2.39. The van der Waals surface area contributed by atoms with Gasteiger partial charge in [-0.05, 0) is 41.5 Å². The van der Waals surface area contributed by atoms with Gasteiger partial charge in [0.15, 0.2) is 0 Å². The zero-order valence-corrected chi connectivity index (χ0v) is 19.5. The van der Waals surface area contributed by atoms with Gasteiger partial charge < -0.3 is 0 Å². The summed E-state index contributed by atoms with van der Waals surface area (Å²) in [5, 5.41) is 11.0. The van der Waals surface area contributed by atoms with Crippen molar-refractivity contribution in [2.75, 3.05) is 0 Å². The molecule has 186 valence electrons. The smallest absolute Gasteiger partial charge is 0.258 e. The molecule has 0 spiro atoms. The predicted molar refractivity (Wildman–Crippen MR) is 120 cm³/mol. The zero-order chi connectivity index (χ0) is 26.2. The second kappa shape index (κ2) is 9.40. The van der Waals surface area contributed by atoms with Crippen molar-refractivity contribution in [3.63, 3.8) is 0 Å². The van der Waals surface area contributed by atoms with Gasteiger partial charge in [0.2, 0.25) is 5.13 Å². The third-order valence-electron chi connectivity index (χ3n) is 4.84. The van der Waals surface area contributed by atoms with Crippen molar-refractivity contribution in [3.8, 4) is 0 Å². The number of nitrogens with zero attached hydrogens (tertiary/aromatic N) is 3. The van der Waals surface area contributed by atoms with Gasteiger partial charge in [0.1, 0.15) is 0 Å². The summed E-state index contributed by atoms with van der Waals surface area (Å²) in [5.74, 6) is 0. The van der Waals surface area contributed by atoms with Gasteiger partial charge in [-0.3, -0.25) is 10.1 Å². The number of aromatic nitrogens is 1. The lowest BCUT2D eigenvalue weighted by Crippen LogP contribution is -2.15. The molecule has 35 heavy (non-hydrogen) atoms. The van der Waals surface area contributed by atoms with Gasteiger partial charge in [0.05, 0.1) is 21.7 Å². The highest BCUT2D eigenvalue weighted by Gasteiger charge is 2.37. The summed E-state index contributed by atoms with van der Waals surface area (Å²) in [7, 11) is 0. The summed E-state index contributed by atoms with van der Waals surface area (Å²) >= 11 is 1.06. The van der Waals surface area contributed by atoms with E-state index in [1.165, 1.54) is 30.5 Å². The molecule has 0 atom stereocenters. The number of aliphatic imine (C=N–C) groups is 1. The van der Waals surface area contributed by atoms with Crippen molar-refractivity contribution in [2.24, 2.45) is 4.99 Å². The number of hydrogen-bond donors (Lipinski definition) is 0. The molecule has 0 aliphatic heterocycles. The summed E-state index contributed by atoms with van der Waals surface area (Å²) in [6, 6.07) is 7.11. The number of nitro benzene ring substituents is 1. The molecule has 3 rings (SSSR count). The molecule has 0 N–H and O–H groups in total. The van der Waals surface area contributed by atoms with Crippen molar-refractivity contribution in [1.29, 1.82) is 0 Å². The Morgan fingerprint density at radius 3 is 1.97 bits per heavy atom. The normalized spacial score (nSPS) is 12.9. The van der Waals surface area contributed by atoms with E-state index in [4.69, 9.17) is 0 Å². The first-order valence-corrected chi connectivity index (χ1v) is 10.9. The molecule has 0 unspecified atom stereocenters. The third kappa shape index (κ3) is 6.65. The Morgan fingerprint density at radius 1 is 0.971 bits per heavy atom. The molecule has 5 nitrogen and oxygen atoms in total. The minimum Gasteiger partial charge on any atom is -0.258 e. The molecule has 1 heterocycles. The van der Waals surface area contributed by atoms with Gasteiger partial charge in [-0.2, -0.15) is 26.3 Å². The number of halogens is 6. The maximum absolute atomic E-state index is 13.2. The van der Waals surface area contributed by atoms with Crippen molar-refractivity contribution < 1.29 is 31.3 Å². The second-order valence-electron chi connectivity index (χ2n) is 8.72. The fourth-order valence-electron chi connectivity index (χ4n) is 3.22. The first kappa shape index (κ1) is 26.3. The van der Waals surface area contributed by atoms with Crippen molar-refractivity contribution >= 4 is 28.4 Å². The van der Waals surface area contributed by atoms with Crippen LogP contribution in [-0.2, 0) is 24.2 Å². The van der Waals surface area contributed by atoms with Crippen LogP contribution in [0.5, 0.6) is 0 Å². The van der Waals surface area contributed by atoms with Crippen LogP contribution in [0.15, 0.2) is 47.5 Å². The Hall–Kier alpha value is -3.28. The lowest BCUT2D eigenvalue weighted by atomic mass is 9.90. The fraction of sp³-hybridized carbons (Fsp3) is 0.304. The summed E-state index contributed by atoms with van der Waals surface area (Å²) < 4.78 is 79.5. The lowest BCUT2D eigenvalue weighted by molar-refractivity contribution is -0.384. The molecule has 0 radical (unpaired) electrons. The van der Waals surface area contributed by atoms with E-state index >= 15 is 0 Å². The van der Waals surface area contributed by atoms with Gasteiger partial charge in [-0.1, -0.05) is 32.1 Å². The van der Waals surface area contributed by atoms with E-state index in [0.717, 1.165) is 11.3 Å². The van der Waals surface area contributed by atoms with Crippen LogP contribution in [0.2, 0.25) is 0 Å². The van der Waals surface area contributed by atoms with Crippen LogP contribution in [0.3, 0.4) is 0 Å². The van der Waals surface area contributed by atoms with E-state index in [1.807, 2.05) is 20.8 Å². The molecule has 0 aliphatic carbocycles. The van der Waals surface area contributed by atoms with Crippen molar-refractivity contribution in [3.05, 3.63) is 85.4 Å². The van der Waals surface area contributed by atoms with E-state index in [0.29, 0.717) is 28.3 Å². The Balaban J connectivity index is 1.99. The first-order chi connectivity index (χ1) is 16.0. The average molecular weight is 515 g/mol. The van der Waals surface area contributed by atoms with Crippen LogP contribution in [0.1, 0.15) is 53.6 Å². The SMILES string of the molecule is CC(C)(C)c1nc(N=Cc2ccc([N+](=O)[O-])cc2)sc1Cc1cc(C(F)(F)F)cc(C(F)(F)F)c1. The minimum atomic E-state index is -4.93. The molecule has 1 aromatic heterocycles. The summed E-state index contributed by atoms with van der Waals surface area (Å²) in [6.07, 6.45) is -8.64. The lowest BCUT2D eigenvalue weighted by Gasteiger charge is -2.18. The van der Waals surface area contributed by atoms with E-state index in [1.54, 1.807) is 0 Å². The van der Waals surface area contributed by atoms with E-state index in [9.17, 15) is 36.5 Å². The molecule has 0 bridgehead atoms. The van der Waals surface area contributed by atoms with E-state index in [-0.39, 0.29) is 28.9 Å². The molecular formula is C23H19F6N3O2S. The summed E-state index contributed by atoms with van der Waals surface area (Å²) in [6.45, 7) is 5.47. The molecule has 0 saturated carbocycles. The molecule has 3 aromatic rings. The molecular weight excluding hydrogens is 496 g/mol. The topological polar surface area (TPSA) is 68.4 Å². The molecule has 0 aliphatic rings. The average Bonchev–Trinajstić information content (AvgIpc) is 3.14. The highest BCUT2D eigenvalue weighted by atomic mass is 32.1. The van der Waals surface area contributed by atoms with Gasteiger partial charge >= 0.3 is 12.4 Å². The Morgan fingerprint density at radius 2 is 1.51 bits per heavy atom. The van der Waals surface area contributed by atoms with Crippen LogP contribution in [-0.4, -0.2) is 16.1 Å². The van der Waals surface area contributed by atoms with Gasteiger partial charge in [0.25, 0.3) is 5.69 Å². The Bertz CT molecular complexity index is 1220. The standard InChI is InChI=1S/C23H19F6N3O2S/c1-21(2,3)19-18(10-14-8-15(22(24,25)26)11-16(9-14)23(27,28)29)35-20(31-19)30-12-13-4-6-17(7-5-13)32(33)34/h4-9,11-12H,10H2,1-3H3. The van der Waals surface area contributed by atoms with Crippen LogP contribution in [0.4, 0.5) is 37.2 Å². The third-order valence-corrected chi connectivity index (χ3v) is 5.80. The number of rotatable bonds is 5. The molecule has 2 aromatic carbocycles. The van der Waals surface area contributed by atoms with E-state index in [2.05, 4.69) is 9.98 Å². The predicted octanol–water partition coefficient (Wildman–Crippen LogP) is 7.73. The minimum absolute atomic E-state index is 0.0898. The maximum Gasteiger partial charge on any atom is 0.416 e. The largest absolute Gasteiger partial charge is 0.416 e. The molecule has 0 saturated heterocycles. The van der Waals surface area contributed by atoms with Crippen LogP contribution >= 0.6 is 11.3 Å². The van der Waals surface area contributed by atoms with Crippen LogP contribution in [0.25, 0.3) is 0 Å². The maximum atomic E-state index is 13.2. The second-order valence-corrected chi connectivity index (χ2v) is 9.78. The van der Waals surface area contributed by atoms with E-state index < -0.39 is 33.8 Å². The number of non-ortho nitro benzene ring substituents is 1. The number of alkyl halides is 6. The first-order valence-electron chi connectivity index (χ1n) is 10.1. The molecule has 0 fully saturated rings. The number of nitro groups is 1.